The number of ether oxygens (including phenoxy) is 1. The number of ketones is 2. The van der Waals surface area contributed by atoms with Crippen LogP contribution in [0.4, 0.5) is 4.79 Å². The molecule has 0 spiro atoms. The summed E-state index contributed by atoms with van der Waals surface area (Å²) in [5.74, 6) is -3.61. The van der Waals surface area contributed by atoms with Gasteiger partial charge in [-0.25, -0.2) is 9.79 Å². The smallest absolute Gasteiger partial charge is 0.407 e. The molecular formula is C40H53N4O5+. The van der Waals surface area contributed by atoms with Gasteiger partial charge in [-0.15, -0.1) is 0 Å². The van der Waals surface area contributed by atoms with Crippen molar-refractivity contribution in [2.24, 2.45) is 34.8 Å². The molecule has 262 valence electrons. The summed E-state index contributed by atoms with van der Waals surface area (Å²) in [5.41, 5.74) is 6.60. The van der Waals surface area contributed by atoms with Crippen LogP contribution in [0.3, 0.4) is 0 Å². The number of nitrogens with zero attached hydrogens (tertiary/aromatic N) is 1. The van der Waals surface area contributed by atoms with Crippen molar-refractivity contribution in [3.8, 4) is 0 Å². The van der Waals surface area contributed by atoms with Crippen molar-refractivity contribution in [3.05, 3.63) is 60.5 Å². The molecule has 3 unspecified atom stereocenters. The Morgan fingerprint density at radius 3 is 2.55 bits per heavy atom. The Balaban J connectivity index is 1.60. The molecule has 2 aromatic rings. The highest BCUT2D eigenvalue weighted by molar-refractivity contribution is 5.99. The maximum absolute atomic E-state index is 14.8. The molecule has 2 amide bonds. The van der Waals surface area contributed by atoms with Crippen molar-refractivity contribution >= 4 is 47.1 Å². The van der Waals surface area contributed by atoms with Gasteiger partial charge in [0.15, 0.2) is 11.8 Å². The topological polar surface area (TPSA) is 142 Å². The Labute approximate surface area is 290 Å². The second-order valence-corrected chi connectivity index (χ2v) is 14.8. The van der Waals surface area contributed by atoms with Gasteiger partial charge in [0.2, 0.25) is 5.91 Å². The number of carbonyl (C=O) groups excluding carboxylic acids is 4. The number of allylic oxidation sites excluding steroid dienone is 1. The molecule has 1 aromatic carbocycles. The molecule has 4 N–H and O–H groups in total. The van der Waals surface area contributed by atoms with Crippen molar-refractivity contribution in [3.63, 3.8) is 0 Å². The quantitative estimate of drug-likeness (QED) is 0.260. The minimum atomic E-state index is -1.25. The van der Waals surface area contributed by atoms with Crippen molar-refractivity contribution in [1.29, 1.82) is 0 Å². The second-order valence-electron chi connectivity index (χ2n) is 14.8. The number of aromatic nitrogens is 1. The van der Waals surface area contributed by atoms with E-state index in [1.54, 1.807) is 20.0 Å². The maximum atomic E-state index is 14.8. The van der Waals surface area contributed by atoms with Crippen LogP contribution in [0.5, 0.6) is 0 Å². The van der Waals surface area contributed by atoms with Crippen molar-refractivity contribution in [2.75, 3.05) is 6.61 Å². The van der Waals surface area contributed by atoms with Crippen LogP contribution in [-0.2, 0) is 19.1 Å². The lowest BCUT2D eigenvalue weighted by molar-refractivity contribution is -0.490. The van der Waals surface area contributed by atoms with Gasteiger partial charge in [0, 0.05) is 34.8 Å². The Morgan fingerprint density at radius 2 is 1.84 bits per heavy atom. The van der Waals surface area contributed by atoms with Gasteiger partial charge in [0.25, 0.3) is 0 Å². The van der Waals surface area contributed by atoms with Crippen LogP contribution in [0.15, 0.2) is 49.2 Å². The van der Waals surface area contributed by atoms with E-state index in [1.165, 1.54) is 6.08 Å². The number of fused-ring (bicyclic) bond motifs is 4. The van der Waals surface area contributed by atoms with Gasteiger partial charge >= 0.3 is 6.09 Å². The number of rotatable bonds is 8. The molecule has 9 nitrogen and oxygen atoms in total. The average molecular weight is 670 g/mol. The summed E-state index contributed by atoms with van der Waals surface area (Å²) in [7, 11) is 0. The highest BCUT2D eigenvalue weighted by Gasteiger charge is 2.54. The van der Waals surface area contributed by atoms with Crippen molar-refractivity contribution in [1.82, 2.24) is 10.3 Å². The number of benzene rings is 1. The van der Waals surface area contributed by atoms with E-state index in [4.69, 9.17) is 15.5 Å². The van der Waals surface area contributed by atoms with Gasteiger partial charge in [-0.2, -0.15) is 0 Å². The van der Waals surface area contributed by atoms with Crippen LogP contribution >= 0.6 is 0 Å². The molecule has 2 heterocycles. The third kappa shape index (κ3) is 8.03. The van der Waals surface area contributed by atoms with Gasteiger partial charge in [-0.1, -0.05) is 70.4 Å². The number of amides is 2. The molecule has 0 saturated heterocycles. The molecule has 2 saturated carbocycles. The van der Waals surface area contributed by atoms with Crippen LogP contribution in [-0.4, -0.2) is 54.0 Å². The minimum absolute atomic E-state index is 0.0374. The molecule has 0 radical (unpaired) electrons. The molecule has 4 bridgehead atoms. The predicted octanol–water partition coefficient (Wildman–Crippen LogP) is 5.21. The van der Waals surface area contributed by atoms with Gasteiger partial charge < -0.3 is 15.8 Å². The molecule has 6 atom stereocenters. The first-order valence-corrected chi connectivity index (χ1v) is 18.1. The zero-order valence-electron chi connectivity index (χ0n) is 29.1. The summed E-state index contributed by atoms with van der Waals surface area (Å²) in [6.45, 7) is 11.3. The number of cyclic esters (lactones) is 1. The normalized spacial score (nSPS) is 26.3. The summed E-state index contributed by atoms with van der Waals surface area (Å²) in [5, 5.41) is 5.00. The number of Topliss-reactive ketones (excluding diaryl/α,β-unsaturated/α-hetero) is 2. The van der Waals surface area contributed by atoms with Crippen molar-refractivity contribution < 1.29 is 28.9 Å². The minimum Gasteiger partial charge on any atom is -0.450 e. The van der Waals surface area contributed by atoms with E-state index in [1.807, 2.05) is 6.07 Å². The van der Waals surface area contributed by atoms with Crippen LogP contribution in [0.1, 0.15) is 102 Å². The third-order valence-corrected chi connectivity index (χ3v) is 11.3. The number of hydrogen-bond acceptors (Lipinski definition) is 6. The molecule has 5 rings (SSSR count). The fourth-order valence-corrected chi connectivity index (χ4v) is 8.67. The number of alkyl carbamates (subject to hydrolysis) is 1. The van der Waals surface area contributed by atoms with E-state index in [2.05, 4.69) is 54.0 Å². The van der Waals surface area contributed by atoms with E-state index in [0.717, 1.165) is 79.8 Å². The molecule has 9 heteroatoms. The van der Waals surface area contributed by atoms with Gasteiger partial charge in [-0.05, 0) is 80.0 Å². The largest absolute Gasteiger partial charge is 0.450 e. The summed E-state index contributed by atoms with van der Waals surface area (Å²) in [6.07, 6.45) is 16.2. The van der Waals surface area contributed by atoms with E-state index in [-0.39, 0.29) is 30.0 Å². The fourth-order valence-electron chi connectivity index (χ4n) is 8.67. The lowest BCUT2D eigenvalue weighted by atomic mass is 9.66. The van der Waals surface area contributed by atoms with E-state index in [9.17, 15) is 19.2 Å². The maximum Gasteiger partial charge on any atom is 0.407 e. The molecule has 2 aliphatic carbocycles. The SMILES string of the molecule is C=C[C@@H]([NH+]=C)C(C(N)=O)C(C)(C)C(=O)[C@@H]1CC2CC1C(=O)[C@H](C1CCCC1)NC(=O)OCCCCCC/C=C/c1ccc3ccnc2c3c1. The number of hydrogen-bond donors (Lipinski definition) is 3. The van der Waals surface area contributed by atoms with Crippen LogP contribution < -0.4 is 16.0 Å². The molecule has 1 aliphatic heterocycles. The first kappa shape index (κ1) is 36.1. The van der Waals surface area contributed by atoms with Crippen molar-refractivity contribution in [2.45, 2.75) is 102 Å². The number of primary amides is 1. The number of carbonyl (C=O) groups is 4. The van der Waals surface area contributed by atoms with Crippen LogP contribution in [0, 0.1) is 29.1 Å². The molecular weight excluding hydrogens is 616 g/mol. The lowest BCUT2D eigenvalue weighted by Gasteiger charge is -2.35. The Bertz CT molecular complexity index is 1580. The summed E-state index contributed by atoms with van der Waals surface area (Å²) in [6, 6.07) is 6.92. The second kappa shape index (κ2) is 16.0. The van der Waals surface area contributed by atoms with Crippen LogP contribution in [0.25, 0.3) is 16.8 Å². The first-order chi connectivity index (χ1) is 23.6. The lowest BCUT2D eigenvalue weighted by Crippen LogP contribution is -2.78. The molecule has 3 aliphatic rings. The van der Waals surface area contributed by atoms with E-state index < -0.39 is 47.3 Å². The van der Waals surface area contributed by atoms with E-state index in [0.29, 0.717) is 12.8 Å². The fraction of sp³-hybridized carbons (Fsp3) is 0.550. The Hall–Kier alpha value is -4.14. The number of nitrogens with one attached hydrogen (secondary N) is 2. The third-order valence-electron chi connectivity index (χ3n) is 11.3. The zero-order valence-corrected chi connectivity index (χ0v) is 29.1. The highest BCUT2D eigenvalue weighted by Crippen LogP contribution is 2.49. The van der Waals surface area contributed by atoms with Crippen LogP contribution in [0.2, 0.25) is 0 Å². The standard InChI is InChI=1S/C40H52N4O5/c1-5-32(42-4)33(38(41)47)40(2,3)37(46)31-24-28-23-30(31)36(45)35(27-15-11-12-16-27)44-39(48)49-21-13-9-7-6-8-10-14-25-17-18-26-19-20-43-34(28)29(26)22-25/h5,10,14,17-20,22,27-28,30-33,35H,1,4,6-9,11-13,15-16,21,23-24H2,2-3H3,(H2,41,47)(H,44,48)/p+1/b14-10+/t28?,30?,31-,32-,33?,35+/m1/s1. The van der Waals surface area contributed by atoms with Gasteiger partial charge in [0.05, 0.1) is 18.3 Å². The molecule has 49 heavy (non-hydrogen) atoms. The Kier molecular flexibility index (Phi) is 11.8. The molecule has 1 aromatic heterocycles. The monoisotopic (exact) mass is 669 g/mol. The zero-order chi connectivity index (χ0) is 35.1. The highest BCUT2D eigenvalue weighted by atomic mass is 16.5. The van der Waals surface area contributed by atoms with E-state index >= 15 is 0 Å². The summed E-state index contributed by atoms with van der Waals surface area (Å²) >= 11 is 0. The Morgan fingerprint density at radius 1 is 1.08 bits per heavy atom. The predicted molar refractivity (Wildman–Crippen MR) is 192 cm³/mol. The van der Waals surface area contributed by atoms with Gasteiger partial charge in [0.1, 0.15) is 18.4 Å². The first-order valence-electron chi connectivity index (χ1n) is 18.1. The van der Waals surface area contributed by atoms with Gasteiger partial charge in [-0.3, -0.25) is 19.4 Å². The average Bonchev–Trinajstić information content (AvgIpc) is 3.78. The summed E-state index contributed by atoms with van der Waals surface area (Å²) < 4.78 is 5.58. The molecule has 2 fully saturated rings. The summed E-state index contributed by atoms with van der Waals surface area (Å²) in [4.78, 5) is 63.4. The number of pyridine rings is 1. The number of nitrogens with two attached hydrogens (primary N) is 1.